The summed E-state index contributed by atoms with van der Waals surface area (Å²) in [6.07, 6.45) is 1.73. The van der Waals surface area contributed by atoms with Gasteiger partial charge in [-0.2, -0.15) is 5.10 Å². The highest BCUT2D eigenvalue weighted by atomic mass is 35.5. The first-order valence-electron chi connectivity index (χ1n) is 8.14. The van der Waals surface area contributed by atoms with Gasteiger partial charge in [0.2, 0.25) is 0 Å². The van der Waals surface area contributed by atoms with Gasteiger partial charge in [-0.1, -0.05) is 41.9 Å². The Kier molecular flexibility index (Phi) is 6.12. The van der Waals surface area contributed by atoms with Crippen molar-refractivity contribution in [3.8, 4) is 11.5 Å². The van der Waals surface area contributed by atoms with Crippen molar-refractivity contribution in [2.24, 2.45) is 5.10 Å². The number of hydrogen-bond acceptors (Lipinski definition) is 4. The minimum Gasteiger partial charge on any atom is -0.493 e. The number of nitrogens with zero attached hydrogens (tertiary/aromatic N) is 1. The van der Waals surface area contributed by atoms with Crippen LogP contribution in [0.25, 0.3) is 0 Å². The molecule has 1 N–H and O–H groups in total. The maximum atomic E-state index is 6.01. The summed E-state index contributed by atoms with van der Waals surface area (Å²) >= 11 is 6.01. The Morgan fingerprint density at radius 1 is 0.962 bits per heavy atom. The van der Waals surface area contributed by atoms with E-state index in [1.54, 1.807) is 13.3 Å². The summed E-state index contributed by atoms with van der Waals surface area (Å²) in [6, 6.07) is 23.0. The summed E-state index contributed by atoms with van der Waals surface area (Å²) in [4.78, 5) is 0. The molecule has 0 heterocycles. The van der Waals surface area contributed by atoms with Crippen molar-refractivity contribution in [1.82, 2.24) is 0 Å². The van der Waals surface area contributed by atoms with E-state index in [1.807, 2.05) is 72.8 Å². The third-order valence-corrected chi connectivity index (χ3v) is 3.89. The van der Waals surface area contributed by atoms with E-state index in [9.17, 15) is 0 Å². The van der Waals surface area contributed by atoms with Crippen LogP contribution in [0, 0.1) is 0 Å². The van der Waals surface area contributed by atoms with E-state index in [0.29, 0.717) is 23.1 Å². The summed E-state index contributed by atoms with van der Waals surface area (Å²) in [6.45, 7) is 0.403. The molecule has 0 spiro atoms. The van der Waals surface area contributed by atoms with Gasteiger partial charge in [-0.15, -0.1) is 0 Å². The average molecular weight is 367 g/mol. The van der Waals surface area contributed by atoms with Gasteiger partial charge in [0, 0.05) is 5.02 Å². The zero-order valence-corrected chi connectivity index (χ0v) is 15.1. The van der Waals surface area contributed by atoms with Crippen LogP contribution in [0.15, 0.2) is 77.9 Å². The van der Waals surface area contributed by atoms with Crippen LogP contribution in [0.4, 0.5) is 5.69 Å². The molecule has 3 rings (SSSR count). The molecule has 4 nitrogen and oxygen atoms in total. The molecule has 0 aliphatic heterocycles. The lowest BCUT2D eigenvalue weighted by Crippen LogP contribution is -1.99. The van der Waals surface area contributed by atoms with E-state index in [-0.39, 0.29) is 0 Å². The molecule has 0 saturated heterocycles. The van der Waals surface area contributed by atoms with Gasteiger partial charge in [0.05, 0.1) is 19.0 Å². The molecule has 5 heteroatoms. The Balaban J connectivity index is 1.69. The van der Waals surface area contributed by atoms with Gasteiger partial charge in [0.25, 0.3) is 0 Å². The first kappa shape index (κ1) is 17.8. The molecular weight excluding hydrogens is 348 g/mol. The summed E-state index contributed by atoms with van der Waals surface area (Å²) in [5.41, 5.74) is 5.80. The lowest BCUT2D eigenvalue weighted by molar-refractivity contribution is 0.284. The molecule has 0 bridgehead atoms. The SMILES string of the molecule is COc1ccc(C=NNc2ccccc2)cc1OCc1cccc(Cl)c1. The number of hydrogen-bond donors (Lipinski definition) is 1. The van der Waals surface area contributed by atoms with Crippen molar-refractivity contribution >= 4 is 23.5 Å². The van der Waals surface area contributed by atoms with Gasteiger partial charge in [0.1, 0.15) is 6.61 Å². The van der Waals surface area contributed by atoms with Gasteiger partial charge in [-0.25, -0.2) is 0 Å². The molecule has 3 aromatic rings. The monoisotopic (exact) mass is 366 g/mol. The molecule has 0 aliphatic carbocycles. The van der Waals surface area contributed by atoms with Crippen LogP contribution >= 0.6 is 11.6 Å². The predicted octanol–water partition coefficient (Wildman–Crippen LogP) is 5.37. The largest absolute Gasteiger partial charge is 0.493 e. The Morgan fingerprint density at radius 2 is 1.81 bits per heavy atom. The fraction of sp³-hybridized carbons (Fsp3) is 0.0952. The lowest BCUT2D eigenvalue weighted by atomic mass is 10.2. The van der Waals surface area contributed by atoms with Crippen LogP contribution in [0.1, 0.15) is 11.1 Å². The number of hydrazone groups is 1. The number of halogens is 1. The third kappa shape index (κ3) is 5.01. The van der Waals surface area contributed by atoms with Crippen molar-refractivity contribution in [2.75, 3.05) is 12.5 Å². The van der Waals surface area contributed by atoms with Gasteiger partial charge >= 0.3 is 0 Å². The van der Waals surface area contributed by atoms with Crippen LogP contribution in [-0.2, 0) is 6.61 Å². The fourth-order valence-electron chi connectivity index (χ4n) is 2.37. The van der Waals surface area contributed by atoms with Crippen LogP contribution < -0.4 is 14.9 Å². The summed E-state index contributed by atoms with van der Waals surface area (Å²) in [5, 5.41) is 4.94. The number of nitrogens with one attached hydrogen (secondary N) is 1. The predicted molar refractivity (Wildman–Crippen MR) is 106 cm³/mol. The fourth-order valence-corrected chi connectivity index (χ4v) is 2.58. The maximum absolute atomic E-state index is 6.01. The van der Waals surface area contributed by atoms with Crippen molar-refractivity contribution in [2.45, 2.75) is 6.61 Å². The summed E-state index contributed by atoms with van der Waals surface area (Å²) in [5.74, 6) is 1.32. The second-order valence-corrected chi connectivity index (χ2v) is 6.00. The van der Waals surface area contributed by atoms with Gasteiger partial charge in [-0.3, -0.25) is 5.43 Å². The van der Waals surface area contributed by atoms with E-state index in [0.717, 1.165) is 16.8 Å². The van der Waals surface area contributed by atoms with Gasteiger partial charge < -0.3 is 9.47 Å². The highest BCUT2D eigenvalue weighted by molar-refractivity contribution is 6.30. The lowest BCUT2D eigenvalue weighted by Gasteiger charge is -2.11. The van der Waals surface area contributed by atoms with E-state index >= 15 is 0 Å². The third-order valence-electron chi connectivity index (χ3n) is 3.65. The van der Waals surface area contributed by atoms with E-state index in [4.69, 9.17) is 21.1 Å². The van der Waals surface area contributed by atoms with Crippen LogP contribution in [0.5, 0.6) is 11.5 Å². The Hall–Kier alpha value is -2.98. The smallest absolute Gasteiger partial charge is 0.162 e. The van der Waals surface area contributed by atoms with E-state index in [1.165, 1.54) is 0 Å². The molecule has 0 unspecified atom stereocenters. The highest BCUT2D eigenvalue weighted by Gasteiger charge is 2.06. The first-order chi connectivity index (χ1) is 12.7. The van der Waals surface area contributed by atoms with Crippen molar-refractivity contribution in [1.29, 1.82) is 0 Å². The molecule has 26 heavy (non-hydrogen) atoms. The molecular formula is C21H19ClN2O2. The number of para-hydroxylation sites is 1. The Bertz CT molecular complexity index is 882. The highest BCUT2D eigenvalue weighted by Crippen LogP contribution is 2.28. The number of methoxy groups -OCH3 is 1. The topological polar surface area (TPSA) is 42.8 Å². The van der Waals surface area contributed by atoms with Crippen molar-refractivity contribution in [3.63, 3.8) is 0 Å². The molecule has 132 valence electrons. The van der Waals surface area contributed by atoms with E-state index < -0.39 is 0 Å². The molecule has 0 fully saturated rings. The normalized spacial score (nSPS) is 10.7. The summed E-state index contributed by atoms with van der Waals surface area (Å²) in [7, 11) is 1.62. The second kappa shape index (κ2) is 8.92. The molecule has 0 amide bonds. The van der Waals surface area contributed by atoms with Gasteiger partial charge in [0.15, 0.2) is 11.5 Å². The van der Waals surface area contributed by atoms with Crippen molar-refractivity contribution < 1.29 is 9.47 Å². The number of rotatable bonds is 7. The summed E-state index contributed by atoms with van der Waals surface area (Å²) < 4.78 is 11.3. The second-order valence-electron chi connectivity index (χ2n) is 5.56. The molecule has 0 radical (unpaired) electrons. The first-order valence-corrected chi connectivity index (χ1v) is 8.52. The molecule has 3 aromatic carbocycles. The Morgan fingerprint density at radius 3 is 2.58 bits per heavy atom. The molecule has 0 atom stereocenters. The molecule has 0 aliphatic rings. The number of benzene rings is 3. The minimum atomic E-state index is 0.403. The van der Waals surface area contributed by atoms with Gasteiger partial charge in [-0.05, 0) is 53.6 Å². The maximum Gasteiger partial charge on any atom is 0.162 e. The molecule has 0 saturated carbocycles. The minimum absolute atomic E-state index is 0.403. The van der Waals surface area contributed by atoms with E-state index in [2.05, 4.69) is 10.5 Å². The van der Waals surface area contributed by atoms with Crippen LogP contribution in [0.2, 0.25) is 5.02 Å². The van der Waals surface area contributed by atoms with Crippen LogP contribution in [0.3, 0.4) is 0 Å². The molecule has 0 aromatic heterocycles. The number of anilines is 1. The standard InChI is InChI=1S/C21H19ClN2O2/c1-25-20-11-10-16(14-23-24-19-8-3-2-4-9-19)13-21(20)26-15-17-6-5-7-18(22)12-17/h2-14,24H,15H2,1H3. The number of ether oxygens (including phenoxy) is 2. The van der Waals surface area contributed by atoms with Crippen LogP contribution in [-0.4, -0.2) is 13.3 Å². The zero-order valence-electron chi connectivity index (χ0n) is 14.4. The van der Waals surface area contributed by atoms with Crippen molar-refractivity contribution in [3.05, 3.63) is 88.9 Å². The quantitative estimate of drug-likeness (QED) is 0.451. The Labute approximate surface area is 158 Å². The zero-order chi connectivity index (χ0) is 18.2. The average Bonchev–Trinajstić information content (AvgIpc) is 2.67.